The number of aromatic nitrogens is 2. The van der Waals surface area contributed by atoms with Crippen LogP contribution < -0.4 is 0 Å². The largest absolute Gasteiger partial charge is 0.480 e. The van der Waals surface area contributed by atoms with E-state index in [1.165, 1.54) is 9.58 Å². The zero-order chi connectivity index (χ0) is 12.3. The number of amides is 1. The molecule has 1 fully saturated rings. The van der Waals surface area contributed by atoms with E-state index in [-0.39, 0.29) is 19.1 Å². The molecule has 1 aliphatic rings. The quantitative estimate of drug-likeness (QED) is 0.746. The van der Waals surface area contributed by atoms with Crippen LogP contribution in [0.4, 0.5) is 0 Å². The molecule has 2 rings (SSSR count). The lowest BCUT2D eigenvalue weighted by Gasteiger charge is -2.32. The monoisotopic (exact) mass is 239 g/mol. The zero-order valence-electron chi connectivity index (χ0n) is 9.15. The molecule has 1 aromatic heterocycles. The van der Waals surface area contributed by atoms with Gasteiger partial charge in [0, 0.05) is 18.9 Å². The molecule has 1 N–H and O–H groups in total. The molecule has 0 spiro atoms. The molecule has 2 heterocycles. The number of aliphatic carboxylic acids is 1. The Kier molecular flexibility index (Phi) is 3.38. The van der Waals surface area contributed by atoms with Gasteiger partial charge in [-0.15, -0.1) is 0 Å². The Morgan fingerprint density at radius 1 is 1.53 bits per heavy atom. The molecule has 17 heavy (non-hydrogen) atoms. The van der Waals surface area contributed by atoms with Crippen molar-refractivity contribution in [3.63, 3.8) is 0 Å². The minimum Gasteiger partial charge on any atom is -0.480 e. The summed E-state index contributed by atoms with van der Waals surface area (Å²) in [6, 6.07) is 0.813. The third-order valence-electron chi connectivity index (χ3n) is 2.59. The van der Waals surface area contributed by atoms with Gasteiger partial charge in [0.15, 0.2) is 6.04 Å². The Morgan fingerprint density at radius 2 is 2.35 bits per heavy atom. The van der Waals surface area contributed by atoms with Crippen molar-refractivity contribution in [1.29, 1.82) is 0 Å². The van der Waals surface area contributed by atoms with Gasteiger partial charge >= 0.3 is 5.97 Å². The summed E-state index contributed by atoms with van der Waals surface area (Å²) in [5, 5.41) is 12.9. The Hall–Kier alpha value is -1.89. The molecule has 1 saturated heterocycles. The summed E-state index contributed by atoms with van der Waals surface area (Å²) < 4.78 is 6.53. The predicted octanol–water partition coefficient (Wildman–Crippen LogP) is -0.805. The van der Waals surface area contributed by atoms with E-state index < -0.39 is 12.0 Å². The van der Waals surface area contributed by atoms with E-state index in [1.807, 2.05) is 0 Å². The van der Waals surface area contributed by atoms with Gasteiger partial charge in [0.25, 0.3) is 0 Å². The second-order valence-corrected chi connectivity index (χ2v) is 3.72. The summed E-state index contributed by atoms with van der Waals surface area (Å²) in [5.41, 5.74) is 0. The molecule has 0 bridgehead atoms. The highest BCUT2D eigenvalue weighted by Crippen LogP contribution is 2.08. The standard InChI is InChI=1S/C10H13N3O4/c14-9(6-12-3-1-2-11-12)13-4-5-17-7-8(13)10(15)16/h1-3,8H,4-7H2,(H,15,16)/t8-/m1/s1. The van der Waals surface area contributed by atoms with Crippen molar-refractivity contribution < 1.29 is 19.4 Å². The van der Waals surface area contributed by atoms with Crippen molar-refractivity contribution in [3.05, 3.63) is 18.5 Å². The van der Waals surface area contributed by atoms with Gasteiger partial charge in [0.2, 0.25) is 5.91 Å². The van der Waals surface area contributed by atoms with E-state index in [0.29, 0.717) is 13.2 Å². The predicted molar refractivity (Wildman–Crippen MR) is 56.2 cm³/mol. The third kappa shape index (κ3) is 2.62. The minimum atomic E-state index is -1.04. The van der Waals surface area contributed by atoms with Gasteiger partial charge in [-0.3, -0.25) is 9.48 Å². The second kappa shape index (κ2) is 4.96. The van der Waals surface area contributed by atoms with Crippen molar-refractivity contribution in [2.75, 3.05) is 19.8 Å². The summed E-state index contributed by atoms with van der Waals surface area (Å²) in [5.74, 6) is -1.30. The van der Waals surface area contributed by atoms with Crippen LogP contribution in [0.5, 0.6) is 0 Å². The molecule has 1 amide bonds. The van der Waals surface area contributed by atoms with Crippen molar-refractivity contribution in [1.82, 2.24) is 14.7 Å². The van der Waals surface area contributed by atoms with E-state index >= 15 is 0 Å². The van der Waals surface area contributed by atoms with Crippen LogP contribution in [0.3, 0.4) is 0 Å². The SMILES string of the molecule is O=C(O)[C@H]1COCCN1C(=O)Cn1cccn1. The maximum Gasteiger partial charge on any atom is 0.328 e. The van der Waals surface area contributed by atoms with Gasteiger partial charge in [-0.1, -0.05) is 0 Å². The Labute approximate surface area is 97.6 Å². The molecule has 1 aliphatic heterocycles. The van der Waals surface area contributed by atoms with Gasteiger partial charge in [0.05, 0.1) is 13.2 Å². The Morgan fingerprint density at radius 3 is 3.00 bits per heavy atom. The number of carboxylic acid groups (broad SMARTS) is 1. The summed E-state index contributed by atoms with van der Waals surface area (Å²) >= 11 is 0. The number of morpholine rings is 1. The smallest absolute Gasteiger partial charge is 0.328 e. The van der Waals surface area contributed by atoms with Crippen LogP contribution in [0.2, 0.25) is 0 Å². The molecule has 0 radical (unpaired) electrons. The molecule has 0 aliphatic carbocycles. The molecule has 7 heteroatoms. The lowest BCUT2D eigenvalue weighted by molar-refractivity contribution is -0.158. The van der Waals surface area contributed by atoms with E-state index in [1.54, 1.807) is 18.5 Å². The van der Waals surface area contributed by atoms with Gasteiger partial charge in [0.1, 0.15) is 6.54 Å². The number of carbonyl (C=O) groups is 2. The molecule has 0 aromatic carbocycles. The van der Waals surface area contributed by atoms with E-state index in [9.17, 15) is 9.59 Å². The van der Waals surface area contributed by atoms with Crippen molar-refractivity contribution in [2.45, 2.75) is 12.6 Å². The Balaban J connectivity index is 2.03. The zero-order valence-corrected chi connectivity index (χ0v) is 9.15. The summed E-state index contributed by atoms with van der Waals surface area (Å²) in [6.07, 6.45) is 3.23. The molecular weight excluding hydrogens is 226 g/mol. The molecule has 0 saturated carbocycles. The molecule has 0 unspecified atom stereocenters. The third-order valence-corrected chi connectivity index (χ3v) is 2.59. The topological polar surface area (TPSA) is 84.7 Å². The summed E-state index contributed by atoms with van der Waals surface area (Å²) in [6.45, 7) is 0.767. The first kappa shape index (κ1) is 11.6. The lowest BCUT2D eigenvalue weighted by Crippen LogP contribution is -2.53. The minimum absolute atomic E-state index is 0.0418. The van der Waals surface area contributed by atoms with Crippen molar-refractivity contribution in [2.24, 2.45) is 0 Å². The fraction of sp³-hybridized carbons (Fsp3) is 0.500. The first-order valence-corrected chi connectivity index (χ1v) is 5.26. The summed E-state index contributed by atoms with van der Waals surface area (Å²) in [7, 11) is 0. The fourth-order valence-electron chi connectivity index (χ4n) is 1.73. The van der Waals surface area contributed by atoms with Crippen molar-refractivity contribution >= 4 is 11.9 Å². The maximum atomic E-state index is 11.9. The van der Waals surface area contributed by atoms with Gasteiger partial charge in [-0.05, 0) is 6.07 Å². The second-order valence-electron chi connectivity index (χ2n) is 3.72. The number of rotatable bonds is 3. The lowest BCUT2D eigenvalue weighted by atomic mass is 10.2. The van der Waals surface area contributed by atoms with Crippen LogP contribution >= 0.6 is 0 Å². The number of carboxylic acids is 1. The summed E-state index contributed by atoms with van der Waals surface area (Å²) in [4.78, 5) is 24.2. The highest BCUT2D eigenvalue weighted by Gasteiger charge is 2.32. The van der Waals surface area contributed by atoms with Crippen LogP contribution in [0, 0.1) is 0 Å². The van der Waals surface area contributed by atoms with Crippen LogP contribution in [0.15, 0.2) is 18.5 Å². The van der Waals surface area contributed by atoms with Gasteiger partial charge < -0.3 is 14.7 Å². The Bertz CT molecular complexity index is 404. The average molecular weight is 239 g/mol. The molecule has 1 aromatic rings. The number of carbonyl (C=O) groups excluding carboxylic acids is 1. The van der Waals surface area contributed by atoms with Gasteiger partial charge in [-0.25, -0.2) is 4.79 Å². The van der Waals surface area contributed by atoms with Crippen LogP contribution in [-0.4, -0.2) is 57.5 Å². The fourth-order valence-corrected chi connectivity index (χ4v) is 1.73. The molecule has 1 atom stereocenters. The molecular formula is C10H13N3O4. The highest BCUT2D eigenvalue weighted by atomic mass is 16.5. The van der Waals surface area contributed by atoms with Crippen molar-refractivity contribution in [3.8, 4) is 0 Å². The maximum absolute atomic E-state index is 11.9. The number of hydrogen-bond donors (Lipinski definition) is 1. The van der Waals surface area contributed by atoms with Gasteiger partial charge in [-0.2, -0.15) is 5.10 Å². The van der Waals surface area contributed by atoms with Crippen LogP contribution in [0.1, 0.15) is 0 Å². The van der Waals surface area contributed by atoms with Crippen LogP contribution in [-0.2, 0) is 20.9 Å². The highest BCUT2D eigenvalue weighted by molar-refractivity contribution is 5.83. The molecule has 92 valence electrons. The van der Waals surface area contributed by atoms with Crippen LogP contribution in [0.25, 0.3) is 0 Å². The number of nitrogens with zero attached hydrogens (tertiary/aromatic N) is 3. The normalized spacial score (nSPS) is 20.2. The first-order valence-electron chi connectivity index (χ1n) is 5.26. The number of ether oxygens (including phenoxy) is 1. The first-order chi connectivity index (χ1) is 8.18. The van der Waals surface area contributed by atoms with E-state index in [0.717, 1.165) is 0 Å². The molecule has 7 nitrogen and oxygen atoms in total. The van der Waals surface area contributed by atoms with E-state index in [2.05, 4.69) is 5.10 Å². The average Bonchev–Trinajstić information content (AvgIpc) is 2.81. The number of hydrogen-bond acceptors (Lipinski definition) is 4. The van der Waals surface area contributed by atoms with E-state index in [4.69, 9.17) is 9.84 Å².